The van der Waals surface area contributed by atoms with Gasteiger partial charge in [-0.05, 0) is 106 Å². The molecule has 1 spiro atoms. The molecule has 0 aliphatic heterocycles. The van der Waals surface area contributed by atoms with Gasteiger partial charge in [0.25, 0.3) is 0 Å². The van der Waals surface area contributed by atoms with Crippen molar-refractivity contribution in [2.45, 2.75) is 69.6 Å². The minimum Gasteiger partial charge on any atom is -0.255 e. The highest BCUT2D eigenvalue weighted by Crippen LogP contribution is 2.71. The lowest BCUT2D eigenvalue weighted by Crippen LogP contribution is -2.54. The van der Waals surface area contributed by atoms with Gasteiger partial charge in [0, 0.05) is 27.1 Å². The van der Waals surface area contributed by atoms with Crippen LogP contribution in [0.3, 0.4) is 0 Å². The van der Waals surface area contributed by atoms with Gasteiger partial charge in [0.05, 0.1) is 5.69 Å². The zero-order valence-corrected chi connectivity index (χ0v) is 20.1. The van der Waals surface area contributed by atoms with Crippen molar-refractivity contribution < 1.29 is 0 Å². The largest absolute Gasteiger partial charge is 0.255 e. The van der Waals surface area contributed by atoms with E-state index in [1.54, 1.807) is 11.1 Å². The van der Waals surface area contributed by atoms with Gasteiger partial charge in [-0.3, -0.25) is 4.98 Å². The number of aromatic nitrogens is 1. The number of benzene rings is 2. The van der Waals surface area contributed by atoms with Crippen molar-refractivity contribution in [1.29, 1.82) is 0 Å². The van der Waals surface area contributed by atoms with Crippen LogP contribution in [-0.2, 0) is 17.3 Å². The normalized spacial score (nSPS) is 27.6. The summed E-state index contributed by atoms with van der Waals surface area (Å²) in [5.41, 5.74) is 10.6. The Bertz CT molecular complexity index is 1160. The molecule has 0 amide bonds. The highest BCUT2D eigenvalue weighted by Gasteiger charge is 2.65. The second kappa shape index (κ2) is 7.04. The van der Waals surface area contributed by atoms with E-state index in [1.165, 1.54) is 67.2 Å². The number of hydrogen-bond donors (Lipinski definition) is 0. The summed E-state index contributed by atoms with van der Waals surface area (Å²) in [5, 5.41) is 0. The van der Waals surface area contributed by atoms with Crippen LogP contribution >= 0.6 is 15.9 Å². The van der Waals surface area contributed by atoms with Crippen molar-refractivity contribution in [1.82, 2.24) is 4.98 Å². The molecule has 3 atom stereocenters. The summed E-state index contributed by atoms with van der Waals surface area (Å²) in [6.07, 6.45) is 11.1. The average Bonchev–Trinajstić information content (AvgIpc) is 2.98. The molecule has 3 aliphatic rings. The maximum atomic E-state index is 4.69. The van der Waals surface area contributed by atoms with E-state index in [4.69, 9.17) is 0 Å². The van der Waals surface area contributed by atoms with Crippen molar-refractivity contribution >= 4 is 15.9 Å². The first-order chi connectivity index (χ1) is 15.1. The molecule has 0 saturated heterocycles. The fourth-order valence-electron chi connectivity index (χ4n) is 7.14. The lowest BCUT2D eigenvalue weighted by molar-refractivity contribution is 0.0940. The molecule has 2 aromatic carbocycles. The SMILES string of the molecule is CCCCc1ccc2c(c1)[C@@]13CCC1CC[C@@]3(C)c1cc(-c3ccc(Br)cn3)ccc1-2. The Hall–Kier alpha value is -1.93. The van der Waals surface area contributed by atoms with Crippen LogP contribution in [-0.4, -0.2) is 4.98 Å². The Morgan fingerprint density at radius 2 is 1.77 bits per heavy atom. The second-order valence-corrected chi connectivity index (χ2v) is 11.1. The van der Waals surface area contributed by atoms with E-state index in [-0.39, 0.29) is 5.41 Å². The predicted octanol–water partition coefficient (Wildman–Crippen LogP) is 8.23. The number of nitrogens with zero attached hydrogens (tertiary/aromatic N) is 1. The number of aryl methyl sites for hydroxylation is 1. The lowest BCUT2D eigenvalue weighted by Gasteiger charge is -2.58. The van der Waals surface area contributed by atoms with E-state index in [0.717, 1.165) is 16.1 Å². The van der Waals surface area contributed by atoms with Crippen molar-refractivity contribution in [3.63, 3.8) is 0 Å². The summed E-state index contributed by atoms with van der Waals surface area (Å²) in [6.45, 7) is 4.87. The summed E-state index contributed by atoms with van der Waals surface area (Å²) in [6, 6.07) is 18.8. The molecule has 3 aromatic rings. The Labute approximate surface area is 194 Å². The minimum atomic E-state index is 0.229. The number of fused-ring (bicyclic) bond motifs is 4. The van der Waals surface area contributed by atoms with Gasteiger partial charge in [0.2, 0.25) is 0 Å². The molecule has 1 nitrogen and oxygen atoms in total. The first-order valence-corrected chi connectivity index (χ1v) is 12.8. The molecular formula is C29H30BrN. The molecule has 2 heteroatoms. The molecule has 1 unspecified atom stereocenters. The third kappa shape index (κ3) is 2.64. The zero-order chi connectivity index (χ0) is 21.2. The second-order valence-electron chi connectivity index (χ2n) is 10.2. The molecule has 0 N–H and O–H groups in total. The van der Waals surface area contributed by atoms with Crippen LogP contribution in [0, 0.1) is 5.92 Å². The molecule has 0 bridgehead atoms. The topological polar surface area (TPSA) is 12.9 Å². The predicted molar refractivity (Wildman–Crippen MR) is 132 cm³/mol. The average molecular weight is 472 g/mol. The molecule has 3 aliphatic carbocycles. The highest BCUT2D eigenvalue weighted by atomic mass is 79.9. The van der Waals surface area contributed by atoms with Crippen LogP contribution < -0.4 is 0 Å². The van der Waals surface area contributed by atoms with Crippen LogP contribution in [0.5, 0.6) is 0 Å². The fourth-order valence-corrected chi connectivity index (χ4v) is 7.37. The van der Waals surface area contributed by atoms with Gasteiger partial charge in [-0.25, -0.2) is 0 Å². The van der Waals surface area contributed by atoms with Crippen molar-refractivity contribution in [3.05, 3.63) is 75.9 Å². The molecule has 2 saturated carbocycles. The molecule has 31 heavy (non-hydrogen) atoms. The van der Waals surface area contributed by atoms with Gasteiger partial charge < -0.3 is 0 Å². The number of halogens is 1. The number of hydrogen-bond acceptors (Lipinski definition) is 1. The van der Waals surface area contributed by atoms with Crippen molar-refractivity contribution in [3.8, 4) is 22.4 Å². The van der Waals surface area contributed by atoms with E-state index in [9.17, 15) is 0 Å². The molecular weight excluding hydrogens is 442 g/mol. The van der Waals surface area contributed by atoms with Crippen LogP contribution in [0.2, 0.25) is 0 Å². The molecule has 6 rings (SSSR count). The molecule has 2 fully saturated rings. The molecule has 0 radical (unpaired) electrons. The Kier molecular flexibility index (Phi) is 4.48. The summed E-state index contributed by atoms with van der Waals surface area (Å²) in [4.78, 5) is 4.69. The first kappa shape index (κ1) is 19.7. The van der Waals surface area contributed by atoms with Gasteiger partial charge in [0.15, 0.2) is 0 Å². The third-order valence-corrected chi connectivity index (χ3v) is 9.34. The Morgan fingerprint density at radius 1 is 0.968 bits per heavy atom. The van der Waals surface area contributed by atoms with E-state index in [0.29, 0.717) is 5.41 Å². The zero-order valence-electron chi connectivity index (χ0n) is 18.5. The van der Waals surface area contributed by atoms with E-state index < -0.39 is 0 Å². The first-order valence-electron chi connectivity index (χ1n) is 12.0. The smallest absolute Gasteiger partial charge is 0.0702 e. The lowest BCUT2D eigenvalue weighted by atomic mass is 9.45. The van der Waals surface area contributed by atoms with Gasteiger partial charge in [-0.15, -0.1) is 0 Å². The van der Waals surface area contributed by atoms with Crippen LogP contribution in [0.15, 0.2) is 59.2 Å². The highest BCUT2D eigenvalue weighted by molar-refractivity contribution is 9.10. The number of unbranched alkanes of at least 4 members (excludes halogenated alkanes) is 1. The Balaban J connectivity index is 1.55. The van der Waals surface area contributed by atoms with E-state index in [1.807, 2.05) is 6.20 Å². The van der Waals surface area contributed by atoms with Gasteiger partial charge >= 0.3 is 0 Å². The molecule has 1 heterocycles. The summed E-state index contributed by atoms with van der Waals surface area (Å²) >= 11 is 3.52. The minimum absolute atomic E-state index is 0.229. The fraction of sp³-hybridized carbons (Fsp3) is 0.414. The maximum absolute atomic E-state index is 4.69. The van der Waals surface area contributed by atoms with Crippen LogP contribution in [0.25, 0.3) is 22.4 Å². The maximum Gasteiger partial charge on any atom is 0.0702 e. The van der Waals surface area contributed by atoms with E-state index in [2.05, 4.69) is 83.3 Å². The quantitative estimate of drug-likeness (QED) is 0.373. The molecule has 1 aromatic heterocycles. The van der Waals surface area contributed by atoms with Crippen molar-refractivity contribution in [2.75, 3.05) is 0 Å². The van der Waals surface area contributed by atoms with Crippen LogP contribution in [0.4, 0.5) is 0 Å². The summed E-state index contributed by atoms with van der Waals surface area (Å²) < 4.78 is 1.03. The summed E-state index contributed by atoms with van der Waals surface area (Å²) in [5.74, 6) is 0.847. The standard InChI is InChI=1S/C29H30BrN/c1-3-4-5-19-6-9-24-23-10-7-20(27-11-8-22(30)18-31-27)17-25(23)28(2)14-12-21-13-15-29(21,28)26(24)16-19/h6-11,16-18,21H,3-5,12-15H2,1-2H3/t21?,28-,29+/m0/s1. The van der Waals surface area contributed by atoms with Gasteiger partial charge in [-0.2, -0.15) is 0 Å². The van der Waals surface area contributed by atoms with Gasteiger partial charge in [-0.1, -0.05) is 50.6 Å². The summed E-state index contributed by atoms with van der Waals surface area (Å²) in [7, 11) is 0. The molecule has 158 valence electrons. The number of pyridine rings is 1. The third-order valence-electron chi connectivity index (χ3n) is 8.87. The van der Waals surface area contributed by atoms with Crippen molar-refractivity contribution in [2.24, 2.45) is 5.92 Å². The van der Waals surface area contributed by atoms with Gasteiger partial charge in [0.1, 0.15) is 0 Å². The van der Waals surface area contributed by atoms with Crippen LogP contribution in [0.1, 0.15) is 69.1 Å². The van der Waals surface area contributed by atoms with E-state index >= 15 is 0 Å². The Morgan fingerprint density at radius 3 is 2.52 bits per heavy atom. The monoisotopic (exact) mass is 471 g/mol. The number of rotatable bonds is 4.